The highest BCUT2D eigenvalue weighted by molar-refractivity contribution is 5.41. The van der Waals surface area contributed by atoms with E-state index in [1.807, 2.05) is 41.6 Å². The standard InChI is InChI=1S/C13H18N4/c1-10(2)17-9-13(8-15-17)16-11(3)12-4-6-14-7-5-12/h4-11,16H,1-3H3. The molecule has 2 rings (SSSR count). The summed E-state index contributed by atoms with van der Waals surface area (Å²) >= 11 is 0. The zero-order valence-corrected chi connectivity index (χ0v) is 10.5. The number of pyridine rings is 1. The second kappa shape index (κ2) is 4.99. The van der Waals surface area contributed by atoms with E-state index in [0.29, 0.717) is 6.04 Å². The Morgan fingerprint density at radius 3 is 2.47 bits per heavy atom. The van der Waals surface area contributed by atoms with Crippen molar-refractivity contribution in [3.63, 3.8) is 0 Å². The number of hydrogen-bond acceptors (Lipinski definition) is 3. The molecule has 2 aromatic rings. The minimum Gasteiger partial charge on any atom is -0.376 e. The summed E-state index contributed by atoms with van der Waals surface area (Å²) in [5.74, 6) is 0. The first-order valence-electron chi connectivity index (χ1n) is 5.87. The van der Waals surface area contributed by atoms with E-state index in [1.165, 1.54) is 5.56 Å². The van der Waals surface area contributed by atoms with Gasteiger partial charge in [-0.2, -0.15) is 5.10 Å². The van der Waals surface area contributed by atoms with Crippen LogP contribution in [-0.4, -0.2) is 14.8 Å². The fraction of sp³-hybridized carbons (Fsp3) is 0.385. The van der Waals surface area contributed by atoms with Gasteiger partial charge in [0, 0.05) is 30.7 Å². The van der Waals surface area contributed by atoms with Crippen LogP contribution in [0.5, 0.6) is 0 Å². The van der Waals surface area contributed by atoms with Gasteiger partial charge in [0.05, 0.1) is 11.9 Å². The molecule has 0 aromatic carbocycles. The van der Waals surface area contributed by atoms with Crippen LogP contribution in [0.15, 0.2) is 36.9 Å². The second-order valence-electron chi connectivity index (χ2n) is 4.45. The van der Waals surface area contributed by atoms with Crippen LogP contribution in [0.25, 0.3) is 0 Å². The quantitative estimate of drug-likeness (QED) is 0.877. The van der Waals surface area contributed by atoms with Gasteiger partial charge in [0.2, 0.25) is 0 Å². The maximum Gasteiger partial charge on any atom is 0.0731 e. The molecule has 90 valence electrons. The summed E-state index contributed by atoms with van der Waals surface area (Å²) < 4.78 is 1.95. The van der Waals surface area contributed by atoms with Crippen molar-refractivity contribution in [2.24, 2.45) is 0 Å². The molecule has 0 saturated heterocycles. The molecular weight excluding hydrogens is 212 g/mol. The van der Waals surface area contributed by atoms with Crippen LogP contribution >= 0.6 is 0 Å². The van der Waals surface area contributed by atoms with Crippen molar-refractivity contribution in [1.82, 2.24) is 14.8 Å². The monoisotopic (exact) mass is 230 g/mol. The van der Waals surface area contributed by atoms with Crippen molar-refractivity contribution in [3.05, 3.63) is 42.5 Å². The third-order valence-corrected chi connectivity index (χ3v) is 2.72. The number of anilines is 1. The number of hydrogen-bond donors (Lipinski definition) is 1. The Morgan fingerprint density at radius 1 is 1.18 bits per heavy atom. The van der Waals surface area contributed by atoms with Crippen molar-refractivity contribution in [1.29, 1.82) is 0 Å². The Balaban J connectivity index is 2.05. The first-order chi connectivity index (χ1) is 8.16. The van der Waals surface area contributed by atoms with Crippen LogP contribution in [0, 0.1) is 0 Å². The number of aromatic nitrogens is 3. The van der Waals surface area contributed by atoms with Crippen molar-refractivity contribution in [2.45, 2.75) is 32.9 Å². The molecule has 0 aliphatic heterocycles. The second-order valence-corrected chi connectivity index (χ2v) is 4.45. The number of rotatable bonds is 4. The lowest BCUT2D eigenvalue weighted by molar-refractivity contribution is 0.532. The highest BCUT2D eigenvalue weighted by atomic mass is 15.3. The van der Waals surface area contributed by atoms with Gasteiger partial charge in [-0.15, -0.1) is 0 Å². The molecule has 0 fully saturated rings. The highest BCUT2D eigenvalue weighted by Gasteiger charge is 2.07. The number of nitrogens with zero attached hydrogens (tertiary/aromatic N) is 3. The fourth-order valence-corrected chi connectivity index (χ4v) is 1.68. The van der Waals surface area contributed by atoms with Gasteiger partial charge < -0.3 is 5.32 Å². The first-order valence-corrected chi connectivity index (χ1v) is 5.87. The topological polar surface area (TPSA) is 42.7 Å². The van der Waals surface area contributed by atoms with E-state index in [9.17, 15) is 0 Å². The van der Waals surface area contributed by atoms with Crippen molar-refractivity contribution in [2.75, 3.05) is 5.32 Å². The maximum absolute atomic E-state index is 4.30. The molecule has 1 unspecified atom stereocenters. The van der Waals surface area contributed by atoms with E-state index >= 15 is 0 Å². The van der Waals surface area contributed by atoms with E-state index < -0.39 is 0 Å². The van der Waals surface area contributed by atoms with Crippen LogP contribution in [-0.2, 0) is 0 Å². The molecule has 0 bridgehead atoms. The Labute approximate surface area is 102 Å². The Kier molecular flexibility index (Phi) is 3.42. The van der Waals surface area contributed by atoms with Gasteiger partial charge in [0.15, 0.2) is 0 Å². The van der Waals surface area contributed by atoms with Gasteiger partial charge in [0.25, 0.3) is 0 Å². The SMILES string of the molecule is CC(Nc1cnn(C(C)C)c1)c1ccncc1. The first kappa shape index (κ1) is 11.6. The van der Waals surface area contributed by atoms with Gasteiger partial charge in [-0.1, -0.05) is 0 Å². The van der Waals surface area contributed by atoms with Gasteiger partial charge in [0.1, 0.15) is 0 Å². The van der Waals surface area contributed by atoms with Gasteiger partial charge in [-0.3, -0.25) is 9.67 Å². The van der Waals surface area contributed by atoms with E-state index in [4.69, 9.17) is 0 Å². The van der Waals surface area contributed by atoms with E-state index in [0.717, 1.165) is 5.69 Å². The predicted molar refractivity (Wildman–Crippen MR) is 68.9 cm³/mol. The Hall–Kier alpha value is -1.84. The van der Waals surface area contributed by atoms with Crippen LogP contribution in [0.2, 0.25) is 0 Å². The lowest BCUT2D eigenvalue weighted by Crippen LogP contribution is -2.06. The molecule has 1 N–H and O–H groups in total. The van der Waals surface area contributed by atoms with Crippen molar-refractivity contribution < 1.29 is 0 Å². The molecule has 0 radical (unpaired) electrons. The van der Waals surface area contributed by atoms with Gasteiger partial charge >= 0.3 is 0 Å². The minimum atomic E-state index is 0.253. The molecule has 2 aromatic heterocycles. The summed E-state index contributed by atoms with van der Waals surface area (Å²) in [5, 5.41) is 7.73. The van der Waals surface area contributed by atoms with Gasteiger partial charge in [-0.25, -0.2) is 0 Å². The zero-order chi connectivity index (χ0) is 12.3. The molecule has 17 heavy (non-hydrogen) atoms. The van der Waals surface area contributed by atoms with Crippen molar-refractivity contribution >= 4 is 5.69 Å². The molecule has 0 spiro atoms. The molecule has 2 heterocycles. The summed E-state index contributed by atoms with van der Waals surface area (Å²) in [6, 6.07) is 4.68. The van der Waals surface area contributed by atoms with E-state index in [-0.39, 0.29) is 6.04 Å². The average molecular weight is 230 g/mol. The lowest BCUT2D eigenvalue weighted by atomic mass is 10.1. The molecule has 0 saturated carbocycles. The Bertz CT molecular complexity index is 461. The maximum atomic E-state index is 4.30. The summed E-state index contributed by atoms with van der Waals surface area (Å²) in [4.78, 5) is 4.02. The summed E-state index contributed by atoms with van der Waals surface area (Å²) in [7, 11) is 0. The number of nitrogens with one attached hydrogen (secondary N) is 1. The minimum absolute atomic E-state index is 0.253. The van der Waals surface area contributed by atoms with Crippen LogP contribution < -0.4 is 5.32 Å². The molecule has 4 nitrogen and oxygen atoms in total. The summed E-state index contributed by atoms with van der Waals surface area (Å²) in [6.07, 6.45) is 7.51. The van der Waals surface area contributed by atoms with Crippen molar-refractivity contribution in [3.8, 4) is 0 Å². The molecular formula is C13H18N4. The summed E-state index contributed by atoms with van der Waals surface area (Å²) in [6.45, 7) is 6.36. The van der Waals surface area contributed by atoms with E-state index in [1.54, 1.807) is 0 Å². The molecule has 4 heteroatoms. The smallest absolute Gasteiger partial charge is 0.0731 e. The molecule has 0 aliphatic rings. The van der Waals surface area contributed by atoms with Crippen LogP contribution in [0.1, 0.15) is 38.4 Å². The molecule has 0 aliphatic carbocycles. The zero-order valence-electron chi connectivity index (χ0n) is 10.5. The normalized spacial score (nSPS) is 12.7. The molecule has 0 amide bonds. The molecule has 1 atom stereocenters. The highest BCUT2D eigenvalue weighted by Crippen LogP contribution is 2.18. The van der Waals surface area contributed by atoms with Crippen LogP contribution in [0.3, 0.4) is 0 Å². The van der Waals surface area contributed by atoms with Crippen LogP contribution in [0.4, 0.5) is 5.69 Å². The third kappa shape index (κ3) is 2.84. The third-order valence-electron chi connectivity index (χ3n) is 2.72. The van der Waals surface area contributed by atoms with Gasteiger partial charge in [-0.05, 0) is 38.5 Å². The average Bonchev–Trinajstić information content (AvgIpc) is 2.79. The Morgan fingerprint density at radius 2 is 1.88 bits per heavy atom. The summed E-state index contributed by atoms with van der Waals surface area (Å²) in [5.41, 5.74) is 2.26. The van der Waals surface area contributed by atoms with E-state index in [2.05, 4.69) is 36.2 Å². The predicted octanol–water partition coefficient (Wildman–Crippen LogP) is 3.03. The largest absolute Gasteiger partial charge is 0.376 e. The lowest BCUT2D eigenvalue weighted by Gasteiger charge is -2.13. The fourth-order valence-electron chi connectivity index (χ4n) is 1.68.